The fourth-order valence-electron chi connectivity index (χ4n) is 2.53. The maximum atomic E-state index is 12.5. The number of carbonyl (C=O) groups is 2. The zero-order valence-corrected chi connectivity index (χ0v) is 10.4. The van der Waals surface area contributed by atoms with Crippen molar-refractivity contribution >= 4 is 11.9 Å². The van der Waals surface area contributed by atoms with Crippen LogP contribution in [0.25, 0.3) is 0 Å². The van der Waals surface area contributed by atoms with Crippen LogP contribution in [0.15, 0.2) is 30.3 Å². The van der Waals surface area contributed by atoms with Gasteiger partial charge in [-0.2, -0.15) is 0 Å². The Balaban J connectivity index is 2.20. The molecule has 1 fully saturated rings. The van der Waals surface area contributed by atoms with Crippen molar-refractivity contribution in [3.05, 3.63) is 35.9 Å². The third-order valence-electron chi connectivity index (χ3n) is 3.55. The van der Waals surface area contributed by atoms with E-state index in [0.717, 1.165) is 12.8 Å². The summed E-state index contributed by atoms with van der Waals surface area (Å²) in [5.74, 6) is 0.0362. The van der Waals surface area contributed by atoms with Gasteiger partial charge in [0.15, 0.2) is 5.78 Å². The molecule has 0 aliphatic carbocycles. The average Bonchev–Trinajstić information content (AvgIpc) is 2.39. The van der Waals surface area contributed by atoms with Crippen LogP contribution in [0.4, 0.5) is 4.79 Å². The number of carboxylic acid groups (broad SMARTS) is 1. The van der Waals surface area contributed by atoms with Crippen molar-refractivity contribution in [2.45, 2.75) is 19.8 Å². The minimum atomic E-state index is -0.943. The second-order valence-electron chi connectivity index (χ2n) is 5.06. The van der Waals surface area contributed by atoms with E-state index in [1.54, 1.807) is 12.1 Å². The van der Waals surface area contributed by atoms with Crippen LogP contribution in [0.2, 0.25) is 0 Å². The number of nitrogens with zero attached hydrogens (tertiary/aromatic N) is 1. The van der Waals surface area contributed by atoms with Gasteiger partial charge in [0.1, 0.15) is 0 Å². The molecule has 1 aliphatic heterocycles. The molecular weight excluding hydrogens is 230 g/mol. The van der Waals surface area contributed by atoms with Crippen molar-refractivity contribution in [2.75, 3.05) is 13.1 Å². The molecule has 1 saturated heterocycles. The smallest absolute Gasteiger partial charge is 0.407 e. The van der Waals surface area contributed by atoms with E-state index in [9.17, 15) is 9.59 Å². The molecule has 0 saturated carbocycles. The van der Waals surface area contributed by atoms with Gasteiger partial charge in [0, 0.05) is 24.1 Å². The van der Waals surface area contributed by atoms with Crippen LogP contribution in [-0.2, 0) is 0 Å². The van der Waals surface area contributed by atoms with Crippen LogP contribution < -0.4 is 0 Å². The van der Waals surface area contributed by atoms with Gasteiger partial charge in [0.2, 0.25) is 0 Å². The first-order chi connectivity index (χ1) is 8.53. The molecule has 1 N–H and O–H groups in total. The fraction of sp³-hybridized carbons (Fsp3) is 0.429. The maximum absolute atomic E-state index is 12.5. The number of piperidine rings is 1. The van der Waals surface area contributed by atoms with Gasteiger partial charge in [-0.1, -0.05) is 37.3 Å². The van der Waals surface area contributed by atoms with Crippen LogP contribution in [0.3, 0.4) is 0 Å². The van der Waals surface area contributed by atoms with E-state index in [0.29, 0.717) is 12.1 Å². The van der Waals surface area contributed by atoms with E-state index in [-0.39, 0.29) is 12.3 Å². The third-order valence-corrected chi connectivity index (χ3v) is 3.55. The Morgan fingerprint density at radius 3 is 2.56 bits per heavy atom. The zero-order chi connectivity index (χ0) is 13.2. The topological polar surface area (TPSA) is 57.6 Å². The molecule has 18 heavy (non-hydrogen) atoms. The first-order valence-electron chi connectivity index (χ1n) is 6.11. The largest absolute Gasteiger partial charge is 0.465 e. The van der Waals surface area contributed by atoms with Gasteiger partial charge < -0.3 is 10.0 Å². The summed E-state index contributed by atoms with van der Waals surface area (Å²) in [7, 11) is 0. The highest BCUT2D eigenvalue weighted by molar-refractivity contribution is 6.00. The lowest BCUT2D eigenvalue weighted by molar-refractivity contribution is 0.0595. The monoisotopic (exact) mass is 247 g/mol. The Kier molecular flexibility index (Phi) is 3.36. The predicted molar refractivity (Wildman–Crippen MR) is 67.7 cm³/mol. The van der Waals surface area contributed by atoms with E-state index in [2.05, 4.69) is 0 Å². The number of amides is 1. The Labute approximate surface area is 106 Å². The van der Waals surface area contributed by atoms with Crippen molar-refractivity contribution in [1.29, 1.82) is 0 Å². The normalized spacial score (nSPS) is 23.7. The average molecular weight is 247 g/mol. The first kappa shape index (κ1) is 12.6. The third kappa shape index (κ3) is 2.37. The number of likely N-dealkylation sites (tertiary alicyclic amines) is 1. The SMILES string of the molecule is CC1(C(=O)c2ccccc2)CCCN(C(=O)O)C1. The minimum absolute atomic E-state index is 0.0362. The summed E-state index contributed by atoms with van der Waals surface area (Å²) in [6.45, 7) is 2.67. The van der Waals surface area contributed by atoms with Crippen LogP contribution in [0.5, 0.6) is 0 Å². The van der Waals surface area contributed by atoms with Crippen LogP contribution in [-0.4, -0.2) is 35.0 Å². The number of Topliss-reactive ketones (excluding diaryl/α,β-unsaturated/α-hetero) is 1. The summed E-state index contributed by atoms with van der Waals surface area (Å²) >= 11 is 0. The fourth-order valence-corrected chi connectivity index (χ4v) is 2.53. The lowest BCUT2D eigenvalue weighted by atomic mass is 9.76. The molecular formula is C14H17NO3. The Bertz CT molecular complexity index is 457. The number of benzene rings is 1. The van der Waals surface area contributed by atoms with Gasteiger partial charge in [-0.3, -0.25) is 4.79 Å². The van der Waals surface area contributed by atoms with Gasteiger partial charge in [-0.25, -0.2) is 4.79 Å². The Morgan fingerprint density at radius 1 is 1.28 bits per heavy atom. The summed E-state index contributed by atoms with van der Waals surface area (Å²) < 4.78 is 0. The van der Waals surface area contributed by atoms with Crippen LogP contribution >= 0.6 is 0 Å². The van der Waals surface area contributed by atoms with E-state index in [1.807, 2.05) is 25.1 Å². The maximum Gasteiger partial charge on any atom is 0.407 e. The lowest BCUT2D eigenvalue weighted by Crippen LogP contribution is -2.48. The van der Waals surface area contributed by atoms with E-state index >= 15 is 0 Å². The molecule has 0 spiro atoms. The standard InChI is InChI=1S/C14H17NO3/c1-14(8-5-9-15(10-14)13(17)18)12(16)11-6-3-2-4-7-11/h2-4,6-7H,5,8-10H2,1H3,(H,17,18). The zero-order valence-electron chi connectivity index (χ0n) is 10.4. The molecule has 1 unspecified atom stereocenters. The second kappa shape index (κ2) is 4.80. The van der Waals surface area contributed by atoms with Gasteiger partial charge in [0.25, 0.3) is 0 Å². The highest BCUT2D eigenvalue weighted by Gasteiger charge is 2.39. The van der Waals surface area contributed by atoms with Crippen LogP contribution in [0, 0.1) is 5.41 Å². The van der Waals surface area contributed by atoms with Gasteiger partial charge >= 0.3 is 6.09 Å². The number of hydrogen-bond donors (Lipinski definition) is 1. The van der Waals surface area contributed by atoms with Gasteiger partial charge in [0.05, 0.1) is 0 Å². The van der Waals surface area contributed by atoms with E-state index in [1.165, 1.54) is 4.90 Å². The molecule has 0 radical (unpaired) electrons. The van der Waals surface area contributed by atoms with E-state index < -0.39 is 11.5 Å². The molecule has 4 nitrogen and oxygen atoms in total. The molecule has 4 heteroatoms. The summed E-state index contributed by atoms with van der Waals surface area (Å²) in [4.78, 5) is 24.8. The van der Waals surface area contributed by atoms with Crippen molar-refractivity contribution < 1.29 is 14.7 Å². The van der Waals surface area contributed by atoms with Crippen molar-refractivity contribution in [2.24, 2.45) is 5.41 Å². The van der Waals surface area contributed by atoms with Crippen LogP contribution in [0.1, 0.15) is 30.1 Å². The molecule has 0 bridgehead atoms. The predicted octanol–water partition coefficient (Wildman–Crippen LogP) is 2.65. The molecule has 1 aromatic carbocycles. The first-order valence-corrected chi connectivity index (χ1v) is 6.11. The summed E-state index contributed by atoms with van der Waals surface area (Å²) in [5, 5.41) is 9.04. The summed E-state index contributed by atoms with van der Waals surface area (Å²) in [5.41, 5.74) is 0.0603. The lowest BCUT2D eigenvalue weighted by Gasteiger charge is -2.38. The molecule has 2 rings (SSSR count). The number of hydrogen-bond acceptors (Lipinski definition) is 2. The molecule has 0 aromatic heterocycles. The highest BCUT2D eigenvalue weighted by atomic mass is 16.4. The quantitative estimate of drug-likeness (QED) is 0.817. The van der Waals surface area contributed by atoms with E-state index in [4.69, 9.17) is 5.11 Å². The molecule has 96 valence electrons. The Morgan fingerprint density at radius 2 is 1.94 bits per heavy atom. The highest BCUT2D eigenvalue weighted by Crippen LogP contribution is 2.33. The van der Waals surface area contributed by atoms with Crippen molar-refractivity contribution in [1.82, 2.24) is 4.90 Å². The number of carbonyl (C=O) groups excluding carboxylic acids is 1. The minimum Gasteiger partial charge on any atom is -0.465 e. The van der Waals surface area contributed by atoms with Gasteiger partial charge in [-0.15, -0.1) is 0 Å². The van der Waals surface area contributed by atoms with Crippen molar-refractivity contribution in [3.63, 3.8) is 0 Å². The molecule has 1 atom stereocenters. The van der Waals surface area contributed by atoms with Crippen molar-refractivity contribution in [3.8, 4) is 0 Å². The molecule has 1 aliphatic rings. The summed E-state index contributed by atoms with van der Waals surface area (Å²) in [6, 6.07) is 9.09. The molecule has 1 amide bonds. The van der Waals surface area contributed by atoms with Gasteiger partial charge in [-0.05, 0) is 12.8 Å². The number of ketones is 1. The number of rotatable bonds is 2. The second-order valence-corrected chi connectivity index (χ2v) is 5.06. The molecule has 1 heterocycles. The molecule has 1 aromatic rings. The Hall–Kier alpha value is -1.84. The summed E-state index contributed by atoms with van der Waals surface area (Å²) in [6.07, 6.45) is 0.535.